The van der Waals surface area contributed by atoms with Gasteiger partial charge in [0.25, 0.3) is 0 Å². The van der Waals surface area contributed by atoms with Gasteiger partial charge in [-0.1, -0.05) is 12.8 Å². The second-order valence-electron chi connectivity index (χ2n) is 8.02. The topological polar surface area (TPSA) is 90.5 Å². The molecule has 1 saturated carbocycles. The van der Waals surface area contributed by atoms with Crippen molar-refractivity contribution < 1.29 is 14.3 Å². The Labute approximate surface area is 170 Å². The van der Waals surface area contributed by atoms with E-state index in [-0.39, 0.29) is 23.5 Å². The lowest BCUT2D eigenvalue weighted by Crippen LogP contribution is -2.44. The van der Waals surface area contributed by atoms with Gasteiger partial charge in [0.15, 0.2) is 5.78 Å². The fourth-order valence-electron chi connectivity index (χ4n) is 4.52. The molecule has 4 rings (SSSR count). The average Bonchev–Trinajstić information content (AvgIpc) is 3.43. The summed E-state index contributed by atoms with van der Waals surface area (Å²) >= 11 is 0. The molecule has 1 amide bonds. The van der Waals surface area contributed by atoms with Crippen molar-refractivity contribution in [2.24, 2.45) is 11.8 Å². The largest absolute Gasteiger partial charge is 0.497 e. The Morgan fingerprint density at radius 3 is 2.45 bits per heavy atom. The van der Waals surface area contributed by atoms with Crippen LogP contribution in [-0.4, -0.2) is 46.6 Å². The number of likely N-dealkylation sites (tertiary alicyclic amines) is 1. The van der Waals surface area contributed by atoms with Crippen LogP contribution >= 0.6 is 0 Å². The average molecular weight is 396 g/mol. The molecule has 154 valence electrons. The zero-order valence-corrected chi connectivity index (χ0v) is 16.8. The lowest BCUT2D eigenvalue weighted by Gasteiger charge is -2.33. The van der Waals surface area contributed by atoms with Crippen LogP contribution in [0.1, 0.15) is 48.9 Å². The Hall–Kier alpha value is -2.83. The first kappa shape index (κ1) is 19.5. The van der Waals surface area contributed by atoms with Gasteiger partial charge >= 0.3 is 0 Å². The van der Waals surface area contributed by atoms with Crippen LogP contribution in [0, 0.1) is 11.8 Å². The van der Waals surface area contributed by atoms with E-state index in [1.807, 2.05) is 29.2 Å². The monoisotopic (exact) mass is 396 g/mol. The summed E-state index contributed by atoms with van der Waals surface area (Å²) in [5.74, 6) is 1.20. The maximum atomic E-state index is 13.2. The highest BCUT2D eigenvalue weighted by Gasteiger charge is 2.34. The number of benzene rings is 1. The minimum Gasteiger partial charge on any atom is -0.497 e. The molecule has 1 aliphatic heterocycles. The van der Waals surface area contributed by atoms with Crippen molar-refractivity contribution in [3.8, 4) is 11.4 Å². The fourth-order valence-corrected chi connectivity index (χ4v) is 4.52. The van der Waals surface area contributed by atoms with E-state index in [4.69, 9.17) is 10.5 Å². The molecule has 0 spiro atoms. The zero-order valence-electron chi connectivity index (χ0n) is 16.8. The third-order valence-corrected chi connectivity index (χ3v) is 6.20. The summed E-state index contributed by atoms with van der Waals surface area (Å²) in [4.78, 5) is 27.8. The molecule has 2 heterocycles. The molecule has 0 radical (unpaired) electrons. The number of hydrogen-bond acceptors (Lipinski definition) is 5. The van der Waals surface area contributed by atoms with Crippen LogP contribution in [0.4, 0.5) is 5.82 Å². The van der Waals surface area contributed by atoms with Crippen LogP contribution in [0.25, 0.3) is 5.69 Å². The summed E-state index contributed by atoms with van der Waals surface area (Å²) in [6.45, 7) is 1.24. The molecule has 1 atom stereocenters. The Morgan fingerprint density at radius 2 is 1.76 bits per heavy atom. The summed E-state index contributed by atoms with van der Waals surface area (Å²) in [6, 6.07) is 7.34. The van der Waals surface area contributed by atoms with Crippen LogP contribution in [0.2, 0.25) is 0 Å². The smallest absolute Gasteiger partial charge is 0.225 e. The molecule has 2 N–H and O–H groups in total. The van der Waals surface area contributed by atoms with Gasteiger partial charge in [-0.2, -0.15) is 5.10 Å². The van der Waals surface area contributed by atoms with E-state index < -0.39 is 0 Å². The van der Waals surface area contributed by atoms with Crippen molar-refractivity contribution >= 4 is 17.5 Å². The summed E-state index contributed by atoms with van der Waals surface area (Å²) in [5, 5.41) is 4.32. The van der Waals surface area contributed by atoms with Crippen molar-refractivity contribution in [3.05, 3.63) is 36.0 Å². The molecule has 1 aromatic heterocycles. The molecule has 7 heteroatoms. The summed E-state index contributed by atoms with van der Waals surface area (Å²) in [5.41, 5.74) is 7.47. The molecule has 0 bridgehead atoms. The van der Waals surface area contributed by atoms with Gasteiger partial charge in [0, 0.05) is 24.9 Å². The van der Waals surface area contributed by atoms with Gasteiger partial charge in [-0.25, -0.2) is 4.68 Å². The number of aromatic nitrogens is 2. The predicted molar refractivity (Wildman–Crippen MR) is 110 cm³/mol. The third-order valence-electron chi connectivity index (χ3n) is 6.20. The zero-order chi connectivity index (χ0) is 20.4. The SMILES string of the molecule is COc1ccc(-n2ncc(C(=O)[C@H]3CCCN(C(=O)C4CCCC4)C3)c2N)cc1. The number of nitrogen functional groups attached to an aromatic ring is 1. The maximum Gasteiger partial charge on any atom is 0.225 e. The van der Waals surface area contributed by atoms with E-state index >= 15 is 0 Å². The number of rotatable bonds is 5. The van der Waals surface area contributed by atoms with Crippen molar-refractivity contribution in [1.29, 1.82) is 0 Å². The number of carbonyl (C=O) groups is 2. The summed E-state index contributed by atoms with van der Waals surface area (Å²) in [7, 11) is 1.61. The highest BCUT2D eigenvalue weighted by atomic mass is 16.5. The Morgan fingerprint density at radius 1 is 1.07 bits per heavy atom. The van der Waals surface area contributed by atoms with Crippen LogP contribution in [0.3, 0.4) is 0 Å². The molecular formula is C22H28N4O3. The van der Waals surface area contributed by atoms with E-state index in [1.54, 1.807) is 18.0 Å². The number of methoxy groups -OCH3 is 1. The Kier molecular flexibility index (Phi) is 5.56. The second-order valence-corrected chi connectivity index (χ2v) is 8.02. The van der Waals surface area contributed by atoms with Gasteiger partial charge in [-0.3, -0.25) is 9.59 Å². The van der Waals surface area contributed by atoms with Crippen LogP contribution in [-0.2, 0) is 4.79 Å². The fraction of sp³-hybridized carbons (Fsp3) is 0.500. The first-order valence-corrected chi connectivity index (χ1v) is 10.4. The van der Waals surface area contributed by atoms with Crippen molar-refractivity contribution in [2.45, 2.75) is 38.5 Å². The van der Waals surface area contributed by atoms with Gasteiger partial charge in [0.05, 0.1) is 24.6 Å². The van der Waals surface area contributed by atoms with Crippen molar-refractivity contribution in [3.63, 3.8) is 0 Å². The van der Waals surface area contributed by atoms with Gasteiger partial charge in [-0.05, 0) is 49.9 Å². The van der Waals surface area contributed by atoms with Gasteiger partial charge in [0.1, 0.15) is 11.6 Å². The van der Waals surface area contributed by atoms with E-state index in [2.05, 4.69) is 5.10 Å². The van der Waals surface area contributed by atoms with E-state index in [0.717, 1.165) is 56.5 Å². The Balaban J connectivity index is 1.49. The number of hydrogen-bond donors (Lipinski definition) is 1. The number of nitrogens with two attached hydrogens (primary N) is 1. The van der Waals surface area contributed by atoms with Crippen molar-refractivity contribution in [1.82, 2.24) is 14.7 Å². The second kappa shape index (κ2) is 8.27. The molecule has 29 heavy (non-hydrogen) atoms. The molecule has 1 aliphatic carbocycles. The minimum absolute atomic E-state index is 0.0221. The van der Waals surface area contributed by atoms with E-state index in [9.17, 15) is 9.59 Å². The highest BCUT2D eigenvalue weighted by molar-refractivity contribution is 6.02. The standard InChI is InChI=1S/C22H28N4O3/c1-29-18-10-8-17(9-11-18)26-21(23)19(13-24-26)20(27)16-7-4-12-25(14-16)22(28)15-5-2-3-6-15/h8-11,13,15-16H,2-7,12,14,23H2,1H3/t16-/m0/s1. The first-order chi connectivity index (χ1) is 14.1. The number of Topliss-reactive ketones (excluding diaryl/α,β-unsaturated/α-hetero) is 1. The van der Waals surface area contributed by atoms with Crippen LogP contribution in [0.15, 0.2) is 30.5 Å². The lowest BCUT2D eigenvalue weighted by molar-refractivity contribution is -0.136. The Bertz CT molecular complexity index is 884. The van der Waals surface area contributed by atoms with E-state index in [1.165, 1.54) is 0 Å². The van der Waals surface area contributed by atoms with Crippen molar-refractivity contribution in [2.75, 3.05) is 25.9 Å². The van der Waals surface area contributed by atoms with Crippen LogP contribution in [0.5, 0.6) is 5.75 Å². The van der Waals surface area contributed by atoms with E-state index in [0.29, 0.717) is 17.9 Å². The van der Waals surface area contributed by atoms with Gasteiger partial charge in [-0.15, -0.1) is 0 Å². The molecule has 1 saturated heterocycles. The molecular weight excluding hydrogens is 368 g/mol. The number of amides is 1. The predicted octanol–water partition coefficient (Wildman–Crippen LogP) is 3.07. The molecule has 2 aromatic rings. The van der Waals surface area contributed by atoms with Gasteiger partial charge in [0.2, 0.25) is 5.91 Å². The number of carbonyl (C=O) groups excluding carboxylic acids is 2. The molecule has 1 aromatic carbocycles. The third kappa shape index (κ3) is 3.86. The van der Waals surface area contributed by atoms with Gasteiger partial charge < -0.3 is 15.4 Å². The highest BCUT2D eigenvalue weighted by Crippen LogP contribution is 2.30. The summed E-state index contributed by atoms with van der Waals surface area (Å²) < 4.78 is 6.74. The lowest BCUT2D eigenvalue weighted by atomic mass is 9.90. The number of ketones is 1. The molecule has 2 fully saturated rings. The maximum absolute atomic E-state index is 13.2. The minimum atomic E-state index is -0.218. The number of piperidine rings is 1. The number of nitrogens with zero attached hydrogens (tertiary/aromatic N) is 3. The summed E-state index contributed by atoms with van der Waals surface area (Å²) in [6.07, 6.45) is 7.40. The normalized spacial score (nSPS) is 20.0. The number of ether oxygens (including phenoxy) is 1. The number of anilines is 1. The van der Waals surface area contributed by atoms with Crippen LogP contribution < -0.4 is 10.5 Å². The molecule has 0 unspecified atom stereocenters. The quantitative estimate of drug-likeness (QED) is 0.785. The first-order valence-electron chi connectivity index (χ1n) is 10.4. The molecule has 2 aliphatic rings. The molecule has 7 nitrogen and oxygen atoms in total.